The van der Waals surface area contributed by atoms with Crippen molar-refractivity contribution in [3.05, 3.63) is 93.7 Å². The van der Waals surface area contributed by atoms with Crippen LogP contribution in [0.3, 0.4) is 0 Å². The van der Waals surface area contributed by atoms with Gasteiger partial charge in [-0.15, -0.1) is 10.2 Å². The lowest BCUT2D eigenvalue weighted by atomic mass is 9.91. The normalized spacial score (nSPS) is 19.9. The average molecular weight is 400 g/mol. The molecular weight excluding hydrogens is 382 g/mol. The number of benzene rings is 2. The summed E-state index contributed by atoms with van der Waals surface area (Å²) in [6, 6.07) is 13.6. The lowest BCUT2D eigenvalue weighted by molar-refractivity contribution is 0.0730. The molecule has 1 amide bonds. The maximum absolute atomic E-state index is 13.2. The van der Waals surface area contributed by atoms with Crippen molar-refractivity contribution in [1.82, 2.24) is 4.90 Å². The quantitative estimate of drug-likeness (QED) is 0.459. The van der Waals surface area contributed by atoms with E-state index in [0.717, 1.165) is 22.4 Å². The Balaban J connectivity index is 1.51. The molecule has 0 saturated carbocycles. The Labute approximate surface area is 174 Å². The van der Waals surface area contributed by atoms with Gasteiger partial charge in [-0.3, -0.25) is 4.79 Å². The molecule has 5 rings (SSSR count). The van der Waals surface area contributed by atoms with Gasteiger partial charge in [0.2, 0.25) is 0 Å². The SMILES string of the molecule is Cc1ccc(N=NC2=C=C3CN(C4C=CC(Cl)=CC4)C(=O)c4cccc2c43)cc1. The van der Waals surface area contributed by atoms with Gasteiger partial charge in [0.05, 0.1) is 18.3 Å². The van der Waals surface area contributed by atoms with E-state index in [1.807, 2.05) is 72.5 Å². The van der Waals surface area contributed by atoms with E-state index >= 15 is 0 Å². The summed E-state index contributed by atoms with van der Waals surface area (Å²) >= 11 is 6.04. The van der Waals surface area contributed by atoms with Gasteiger partial charge in [0.25, 0.3) is 5.91 Å². The minimum atomic E-state index is -0.00524. The second kappa shape index (κ2) is 7.00. The number of carbonyl (C=O) groups excluding carboxylic acids is 1. The summed E-state index contributed by atoms with van der Waals surface area (Å²) in [6.07, 6.45) is 6.51. The van der Waals surface area contributed by atoms with E-state index in [1.165, 1.54) is 5.56 Å². The molecule has 0 N–H and O–H groups in total. The smallest absolute Gasteiger partial charge is 0.255 e. The van der Waals surface area contributed by atoms with Crippen molar-refractivity contribution in [3.8, 4) is 0 Å². The molecule has 1 heterocycles. The fourth-order valence-corrected chi connectivity index (χ4v) is 4.08. The van der Waals surface area contributed by atoms with Crippen LogP contribution in [0.25, 0.3) is 11.3 Å². The Kier molecular flexibility index (Phi) is 4.31. The fourth-order valence-electron chi connectivity index (χ4n) is 3.92. The molecule has 0 fully saturated rings. The summed E-state index contributed by atoms with van der Waals surface area (Å²) in [5, 5.41) is 9.52. The number of rotatable bonds is 3. The third-order valence-corrected chi connectivity index (χ3v) is 5.72. The van der Waals surface area contributed by atoms with Gasteiger partial charge in [-0.25, -0.2) is 0 Å². The zero-order valence-corrected chi connectivity index (χ0v) is 16.6. The van der Waals surface area contributed by atoms with Crippen LogP contribution in [-0.4, -0.2) is 23.4 Å². The molecule has 0 bridgehead atoms. The molecule has 5 heteroatoms. The van der Waals surface area contributed by atoms with Gasteiger partial charge in [0, 0.05) is 27.3 Å². The van der Waals surface area contributed by atoms with E-state index in [1.54, 1.807) is 0 Å². The van der Waals surface area contributed by atoms with Crippen LogP contribution in [0.15, 0.2) is 81.7 Å². The highest BCUT2D eigenvalue weighted by molar-refractivity contribution is 6.31. The number of allylic oxidation sites excluding steroid dienone is 2. The van der Waals surface area contributed by atoms with Gasteiger partial charge in [-0.1, -0.05) is 59.3 Å². The van der Waals surface area contributed by atoms with Crippen LogP contribution in [-0.2, 0) is 0 Å². The topological polar surface area (TPSA) is 45.0 Å². The molecule has 0 saturated heterocycles. The van der Waals surface area contributed by atoms with E-state index < -0.39 is 0 Å². The van der Waals surface area contributed by atoms with Crippen molar-refractivity contribution in [2.75, 3.05) is 6.54 Å². The second-order valence-electron chi connectivity index (χ2n) is 7.40. The maximum atomic E-state index is 13.2. The Hall–Kier alpha value is -3.20. The molecule has 0 radical (unpaired) electrons. The number of amides is 1. The summed E-state index contributed by atoms with van der Waals surface area (Å²) in [7, 11) is 0. The van der Waals surface area contributed by atoms with Crippen molar-refractivity contribution in [2.24, 2.45) is 10.2 Å². The van der Waals surface area contributed by atoms with Crippen LogP contribution in [0.5, 0.6) is 0 Å². The third-order valence-electron chi connectivity index (χ3n) is 5.44. The van der Waals surface area contributed by atoms with E-state index in [2.05, 4.69) is 16.0 Å². The predicted molar refractivity (Wildman–Crippen MR) is 115 cm³/mol. The lowest BCUT2D eigenvalue weighted by Gasteiger charge is -2.35. The largest absolute Gasteiger partial charge is 0.327 e. The molecule has 3 aliphatic rings. The van der Waals surface area contributed by atoms with E-state index in [0.29, 0.717) is 29.3 Å². The summed E-state index contributed by atoms with van der Waals surface area (Å²) < 4.78 is 0. The minimum Gasteiger partial charge on any atom is -0.327 e. The van der Waals surface area contributed by atoms with E-state index in [4.69, 9.17) is 11.6 Å². The first kappa shape index (κ1) is 17.9. The van der Waals surface area contributed by atoms with Gasteiger partial charge in [-0.2, -0.15) is 0 Å². The van der Waals surface area contributed by atoms with Crippen LogP contribution >= 0.6 is 11.6 Å². The van der Waals surface area contributed by atoms with Crippen molar-refractivity contribution < 1.29 is 4.79 Å². The molecule has 2 aromatic carbocycles. The van der Waals surface area contributed by atoms with Crippen LogP contribution in [0.1, 0.15) is 33.5 Å². The number of azo groups is 1. The zero-order valence-electron chi connectivity index (χ0n) is 15.9. The van der Waals surface area contributed by atoms with Crippen LogP contribution in [0.4, 0.5) is 5.69 Å². The van der Waals surface area contributed by atoms with Crippen molar-refractivity contribution >= 4 is 34.5 Å². The average Bonchev–Trinajstić information content (AvgIpc) is 3.09. The van der Waals surface area contributed by atoms with Crippen LogP contribution in [0.2, 0.25) is 0 Å². The van der Waals surface area contributed by atoms with Crippen molar-refractivity contribution in [1.29, 1.82) is 0 Å². The maximum Gasteiger partial charge on any atom is 0.255 e. The Morgan fingerprint density at radius 2 is 1.90 bits per heavy atom. The van der Waals surface area contributed by atoms with E-state index in [9.17, 15) is 4.79 Å². The number of hydrogen-bond donors (Lipinski definition) is 0. The second-order valence-corrected chi connectivity index (χ2v) is 7.84. The highest BCUT2D eigenvalue weighted by Crippen LogP contribution is 2.40. The molecule has 0 spiro atoms. The Morgan fingerprint density at radius 3 is 2.66 bits per heavy atom. The standard InChI is InChI=1S/C24H18ClN3O/c1-15-5-9-18(10-6-15)26-27-22-13-16-14-28(19-11-7-17(25)8-12-19)24(29)21-4-2-3-20(22)23(16)21/h2-11,19H,12,14H2,1H3. The predicted octanol–water partition coefficient (Wildman–Crippen LogP) is 6.02. The number of hydrogen-bond acceptors (Lipinski definition) is 3. The number of halogens is 1. The number of nitrogens with zero attached hydrogens (tertiary/aromatic N) is 3. The van der Waals surface area contributed by atoms with Gasteiger partial charge < -0.3 is 4.90 Å². The highest BCUT2D eigenvalue weighted by atomic mass is 35.5. The molecule has 29 heavy (non-hydrogen) atoms. The van der Waals surface area contributed by atoms with Gasteiger partial charge in [0.15, 0.2) is 0 Å². The Morgan fingerprint density at radius 1 is 1.10 bits per heavy atom. The zero-order chi connectivity index (χ0) is 20.0. The molecular formula is C24H18ClN3O. The first-order valence-corrected chi connectivity index (χ1v) is 9.95. The molecule has 0 aromatic heterocycles. The number of carbonyl (C=O) groups is 1. The van der Waals surface area contributed by atoms with Crippen LogP contribution < -0.4 is 0 Å². The van der Waals surface area contributed by atoms with E-state index in [-0.39, 0.29) is 11.9 Å². The molecule has 4 nitrogen and oxygen atoms in total. The van der Waals surface area contributed by atoms with Gasteiger partial charge in [0.1, 0.15) is 5.70 Å². The highest BCUT2D eigenvalue weighted by Gasteiger charge is 2.35. The molecule has 1 atom stereocenters. The molecule has 142 valence electrons. The molecule has 1 aliphatic heterocycles. The summed E-state index contributed by atoms with van der Waals surface area (Å²) in [5.74, 6) is 0.0326. The lowest BCUT2D eigenvalue weighted by Crippen LogP contribution is -2.43. The molecule has 2 aliphatic carbocycles. The molecule has 1 unspecified atom stereocenters. The monoisotopic (exact) mass is 399 g/mol. The van der Waals surface area contributed by atoms with Gasteiger partial charge in [-0.05, 0) is 37.6 Å². The molecule has 2 aromatic rings. The van der Waals surface area contributed by atoms with Gasteiger partial charge >= 0.3 is 0 Å². The van der Waals surface area contributed by atoms with Crippen LogP contribution in [0, 0.1) is 6.92 Å². The minimum absolute atomic E-state index is 0.00524. The summed E-state index contributed by atoms with van der Waals surface area (Å²) in [6.45, 7) is 2.55. The fraction of sp³-hybridized carbons (Fsp3) is 0.167. The summed E-state index contributed by atoms with van der Waals surface area (Å²) in [5.41, 5.74) is 9.59. The first-order chi connectivity index (χ1) is 14.1. The van der Waals surface area contributed by atoms with Crippen molar-refractivity contribution in [2.45, 2.75) is 19.4 Å². The number of aryl methyl sites for hydroxylation is 1. The first-order valence-electron chi connectivity index (χ1n) is 9.57. The Bertz CT molecular complexity index is 1180. The summed E-state index contributed by atoms with van der Waals surface area (Å²) in [4.78, 5) is 15.1. The third kappa shape index (κ3) is 3.17. The van der Waals surface area contributed by atoms with Crippen molar-refractivity contribution in [3.63, 3.8) is 0 Å².